The molecule has 0 rings (SSSR count). The molecule has 0 radical (unpaired) electrons. The van der Waals surface area contributed by atoms with Crippen molar-refractivity contribution in [2.24, 2.45) is 0 Å². The summed E-state index contributed by atoms with van der Waals surface area (Å²) < 4.78 is 4.33. The van der Waals surface area contributed by atoms with E-state index in [1.165, 1.54) is 0 Å². The summed E-state index contributed by atoms with van der Waals surface area (Å²) >= 11 is 0. The molecule has 0 aliphatic carbocycles. The van der Waals surface area contributed by atoms with Crippen LogP contribution in [0.4, 0.5) is 0 Å². The molecule has 9 heavy (non-hydrogen) atoms. The van der Waals surface area contributed by atoms with E-state index in [1.54, 1.807) is 0 Å². The highest BCUT2D eigenvalue weighted by atomic mass is 16.5. The summed E-state index contributed by atoms with van der Waals surface area (Å²) in [6.07, 6.45) is 0. The Morgan fingerprint density at radius 1 is 1.78 bits per heavy atom. The van der Waals surface area contributed by atoms with Crippen molar-refractivity contribution in [2.45, 2.75) is 0 Å². The number of carbonyl (C=O) groups excluding carboxylic acids is 1. The monoisotopic (exact) mass is 128 g/mol. The first kappa shape index (κ1) is 7.92. The molecule has 0 atom stereocenters. The van der Waals surface area contributed by atoms with Crippen molar-refractivity contribution in [3.05, 3.63) is 0 Å². The summed E-state index contributed by atoms with van der Waals surface area (Å²) in [7, 11) is 0. The van der Waals surface area contributed by atoms with Gasteiger partial charge in [0.1, 0.15) is 6.61 Å². The lowest BCUT2D eigenvalue weighted by molar-refractivity contribution is -0.128. The van der Waals surface area contributed by atoms with E-state index in [2.05, 4.69) is 10.1 Å². The Morgan fingerprint density at radius 2 is 2.56 bits per heavy atom. The number of ether oxygens (including phenoxy) is 1. The average Bonchev–Trinajstić information content (AvgIpc) is 1.89. The number of hydrogen-bond donors (Lipinski definition) is 1. The minimum Gasteiger partial charge on any atom is -0.467 e. The fourth-order valence-corrected chi connectivity index (χ4v) is 0.323. The first-order valence-electron chi connectivity index (χ1n) is 2.54. The quantitative estimate of drug-likeness (QED) is 0.301. The second kappa shape index (κ2) is 6.92. The predicted octanol–water partition coefficient (Wildman–Crippen LogP) is -0.727. The van der Waals surface area contributed by atoms with Crippen molar-refractivity contribution >= 4 is 6.47 Å². The summed E-state index contributed by atoms with van der Waals surface area (Å²) in [4.78, 5) is 9.52. The zero-order valence-corrected chi connectivity index (χ0v) is 4.96. The Labute approximate surface area is 53.4 Å². The van der Waals surface area contributed by atoms with Crippen molar-refractivity contribution in [2.75, 3.05) is 19.7 Å². The lowest BCUT2D eigenvalue weighted by Crippen LogP contribution is -2.19. The smallest absolute Gasteiger partial charge is 0.293 e. The zero-order valence-electron chi connectivity index (χ0n) is 4.96. The van der Waals surface area contributed by atoms with Crippen LogP contribution in [-0.2, 0) is 9.53 Å². The van der Waals surface area contributed by atoms with E-state index < -0.39 is 0 Å². The van der Waals surface area contributed by atoms with Crippen LogP contribution in [0.3, 0.4) is 0 Å². The Bertz CT molecular complexity index is 108. The third-order valence-electron chi connectivity index (χ3n) is 0.669. The summed E-state index contributed by atoms with van der Waals surface area (Å²) in [5.41, 5.74) is 0. The molecule has 0 fully saturated rings. The second-order valence-corrected chi connectivity index (χ2v) is 1.30. The van der Waals surface area contributed by atoms with Crippen molar-refractivity contribution in [1.82, 2.24) is 5.32 Å². The normalized spacial score (nSPS) is 7.89. The Hall–Kier alpha value is -1.08. The van der Waals surface area contributed by atoms with Crippen LogP contribution in [0.5, 0.6) is 0 Å². The van der Waals surface area contributed by atoms with Crippen LogP contribution in [0.25, 0.3) is 0 Å². The van der Waals surface area contributed by atoms with E-state index in [4.69, 9.17) is 5.26 Å². The molecule has 0 aromatic rings. The van der Waals surface area contributed by atoms with Gasteiger partial charge in [0.05, 0.1) is 12.6 Å². The van der Waals surface area contributed by atoms with Crippen LogP contribution in [-0.4, -0.2) is 26.2 Å². The number of nitrogens with one attached hydrogen (secondary N) is 1. The van der Waals surface area contributed by atoms with Crippen LogP contribution < -0.4 is 5.32 Å². The molecule has 0 unspecified atom stereocenters. The Morgan fingerprint density at radius 3 is 3.11 bits per heavy atom. The average molecular weight is 128 g/mol. The van der Waals surface area contributed by atoms with Gasteiger partial charge in [-0.3, -0.25) is 4.79 Å². The molecular formula is C5H8N2O2. The predicted molar refractivity (Wildman–Crippen MR) is 30.5 cm³/mol. The largest absolute Gasteiger partial charge is 0.467 e. The van der Waals surface area contributed by atoms with Gasteiger partial charge in [-0.2, -0.15) is 5.26 Å². The fourth-order valence-electron chi connectivity index (χ4n) is 0.323. The third-order valence-corrected chi connectivity index (χ3v) is 0.669. The minimum atomic E-state index is 0.294. The van der Waals surface area contributed by atoms with E-state index in [9.17, 15) is 4.79 Å². The van der Waals surface area contributed by atoms with Gasteiger partial charge in [0, 0.05) is 6.54 Å². The van der Waals surface area contributed by atoms with Gasteiger partial charge in [0.15, 0.2) is 0 Å². The summed E-state index contributed by atoms with van der Waals surface area (Å²) in [5, 5.41) is 10.7. The molecule has 0 aromatic heterocycles. The van der Waals surface area contributed by atoms with Gasteiger partial charge < -0.3 is 10.1 Å². The van der Waals surface area contributed by atoms with E-state index in [-0.39, 0.29) is 0 Å². The van der Waals surface area contributed by atoms with Crippen molar-refractivity contribution in [3.63, 3.8) is 0 Å². The standard InChI is InChI=1S/C5H8N2O2/c6-1-2-7-3-4-9-5-8/h5,7H,2-4H2. The van der Waals surface area contributed by atoms with Crippen molar-refractivity contribution in [1.29, 1.82) is 5.26 Å². The lowest BCUT2D eigenvalue weighted by Gasteiger charge is -1.95. The highest BCUT2D eigenvalue weighted by Crippen LogP contribution is 1.62. The molecule has 50 valence electrons. The molecule has 0 bridgehead atoms. The van der Waals surface area contributed by atoms with Gasteiger partial charge in [-0.1, -0.05) is 0 Å². The van der Waals surface area contributed by atoms with Crippen LogP contribution in [0.1, 0.15) is 0 Å². The first-order valence-corrected chi connectivity index (χ1v) is 2.54. The van der Waals surface area contributed by atoms with Crippen LogP contribution in [0.15, 0.2) is 0 Å². The summed E-state index contributed by atoms with van der Waals surface area (Å²) in [6.45, 7) is 1.54. The topological polar surface area (TPSA) is 62.1 Å². The van der Waals surface area contributed by atoms with Crippen molar-refractivity contribution < 1.29 is 9.53 Å². The third kappa shape index (κ3) is 6.92. The molecule has 0 aliphatic heterocycles. The van der Waals surface area contributed by atoms with Crippen LogP contribution in [0.2, 0.25) is 0 Å². The zero-order chi connectivity index (χ0) is 6.95. The van der Waals surface area contributed by atoms with E-state index in [1.807, 2.05) is 6.07 Å². The second-order valence-electron chi connectivity index (χ2n) is 1.30. The number of carbonyl (C=O) groups is 1. The maximum atomic E-state index is 9.52. The minimum absolute atomic E-state index is 0.294. The lowest BCUT2D eigenvalue weighted by atomic mass is 10.6. The highest BCUT2D eigenvalue weighted by molar-refractivity contribution is 5.36. The number of nitrogens with zero attached hydrogens (tertiary/aromatic N) is 1. The summed E-state index contributed by atoms with van der Waals surface area (Å²) in [5.74, 6) is 0. The van der Waals surface area contributed by atoms with Gasteiger partial charge in [0.2, 0.25) is 0 Å². The molecule has 0 heterocycles. The molecule has 0 aromatic carbocycles. The molecule has 0 saturated heterocycles. The molecule has 4 nitrogen and oxygen atoms in total. The SMILES string of the molecule is N#CCNCCOC=O. The van der Waals surface area contributed by atoms with E-state index in [0.29, 0.717) is 26.2 Å². The van der Waals surface area contributed by atoms with Gasteiger partial charge in [-0.05, 0) is 0 Å². The fraction of sp³-hybridized carbons (Fsp3) is 0.600. The maximum absolute atomic E-state index is 9.52. The Kier molecular flexibility index (Phi) is 6.09. The summed E-state index contributed by atoms with van der Waals surface area (Å²) in [6, 6.07) is 1.89. The molecule has 0 aliphatic rings. The molecule has 0 spiro atoms. The highest BCUT2D eigenvalue weighted by Gasteiger charge is 1.82. The van der Waals surface area contributed by atoms with Crippen LogP contribution in [0, 0.1) is 11.3 Å². The van der Waals surface area contributed by atoms with Crippen LogP contribution >= 0.6 is 0 Å². The van der Waals surface area contributed by atoms with Gasteiger partial charge in [-0.25, -0.2) is 0 Å². The molecular weight excluding hydrogens is 120 g/mol. The van der Waals surface area contributed by atoms with Gasteiger partial charge in [0.25, 0.3) is 6.47 Å². The van der Waals surface area contributed by atoms with Gasteiger partial charge >= 0.3 is 0 Å². The first-order chi connectivity index (χ1) is 4.41. The number of hydrogen-bond acceptors (Lipinski definition) is 4. The van der Waals surface area contributed by atoms with E-state index in [0.717, 1.165) is 0 Å². The van der Waals surface area contributed by atoms with Crippen molar-refractivity contribution in [3.8, 4) is 6.07 Å². The number of nitriles is 1. The molecule has 4 heteroatoms. The Balaban J connectivity index is 2.76. The molecule has 1 N–H and O–H groups in total. The molecule has 0 amide bonds. The maximum Gasteiger partial charge on any atom is 0.293 e. The van der Waals surface area contributed by atoms with Gasteiger partial charge in [-0.15, -0.1) is 0 Å². The number of rotatable bonds is 5. The van der Waals surface area contributed by atoms with E-state index >= 15 is 0 Å². The molecule has 0 saturated carbocycles.